The highest BCUT2D eigenvalue weighted by atomic mass is 35.5. The van der Waals surface area contributed by atoms with Gasteiger partial charge >= 0.3 is 0 Å². The number of hydrogen-bond acceptors (Lipinski definition) is 1. The molecule has 1 heterocycles. The van der Waals surface area contributed by atoms with E-state index in [-0.39, 0.29) is 5.56 Å². The molecule has 0 atom stereocenters. The van der Waals surface area contributed by atoms with E-state index < -0.39 is 0 Å². The first-order valence-electron chi connectivity index (χ1n) is 4.62. The zero-order valence-electron chi connectivity index (χ0n) is 8.25. The van der Waals surface area contributed by atoms with Crippen LogP contribution in [0.2, 0.25) is 5.02 Å². The average molecular weight is 220 g/mol. The smallest absolute Gasteiger partial charge is 0.248 e. The zero-order chi connectivity index (χ0) is 10.8. The van der Waals surface area contributed by atoms with Crippen molar-refractivity contribution in [2.75, 3.05) is 0 Å². The van der Waals surface area contributed by atoms with Crippen LogP contribution >= 0.6 is 11.6 Å². The Morgan fingerprint density at radius 1 is 1.20 bits per heavy atom. The molecule has 2 rings (SSSR count). The normalized spacial score (nSPS) is 10.3. The van der Waals surface area contributed by atoms with Crippen molar-refractivity contribution >= 4 is 11.6 Å². The molecule has 1 N–H and O–H groups in total. The molecule has 15 heavy (non-hydrogen) atoms. The van der Waals surface area contributed by atoms with E-state index in [0.29, 0.717) is 5.02 Å². The van der Waals surface area contributed by atoms with Crippen molar-refractivity contribution in [3.05, 3.63) is 57.5 Å². The van der Waals surface area contributed by atoms with Crippen molar-refractivity contribution < 1.29 is 0 Å². The van der Waals surface area contributed by atoms with Crippen LogP contribution < -0.4 is 5.56 Å². The molecule has 0 spiro atoms. The van der Waals surface area contributed by atoms with Gasteiger partial charge in [-0.25, -0.2) is 0 Å². The molecular formula is C12H10ClNO. The molecule has 0 radical (unpaired) electrons. The van der Waals surface area contributed by atoms with Gasteiger partial charge in [-0.3, -0.25) is 4.79 Å². The first kappa shape index (κ1) is 9.99. The molecule has 0 fully saturated rings. The predicted octanol–water partition coefficient (Wildman–Crippen LogP) is 3.00. The molecule has 2 nitrogen and oxygen atoms in total. The molecule has 1 aromatic heterocycles. The van der Waals surface area contributed by atoms with Gasteiger partial charge in [-0.15, -0.1) is 0 Å². The summed E-state index contributed by atoms with van der Waals surface area (Å²) in [5.74, 6) is 0. The van der Waals surface area contributed by atoms with Crippen LogP contribution in [0.15, 0.2) is 41.3 Å². The molecule has 0 amide bonds. The maximum Gasteiger partial charge on any atom is 0.248 e. The minimum atomic E-state index is -0.0785. The van der Waals surface area contributed by atoms with Crippen LogP contribution in [0.1, 0.15) is 5.56 Å². The van der Waals surface area contributed by atoms with Crippen molar-refractivity contribution in [1.29, 1.82) is 0 Å². The highest BCUT2D eigenvalue weighted by Crippen LogP contribution is 2.22. The van der Waals surface area contributed by atoms with Crippen molar-refractivity contribution in [2.45, 2.75) is 6.92 Å². The molecule has 3 heteroatoms. The number of rotatable bonds is 1. The fraction of sp³-hybridized carbons (Fsp3) is 0.0833. The summed E-state index contributed by atoms with van der Waals surface area (Å²) in [7, 11) is 0. The molecule has 0 saturated carbocycles. The lowest BCUT2D eigenvalue weighted by Gasteiger charge is -2.04. The van der Waals surface area contributed by atoms with E-state index >= 15 is 0 Å². The SMILES string of the molecule is Cc1cc(=O)[nH]cc1-c1ccc(Cl)cc1. The monoisotopic (exact) mass is 219 g/mol. The lowest BCUT2D eigenvalue weighted by molar-refractivity contribution is 1.21. The third-order valence-electron chi connectivity index (χ3n) is 2.29. The molecule has 0 unspecified atom stereocenters. The summed E-state index contributed by atoms with van der Waals surface area (Å²) < 4.78 is 0. The number of H-pyrrole nitrogens is 1. The largest absolute Gasteiger partial charge is 0.328 e. The average Bonchev–Trinajstić information content (AvgIpc) is 2.20. The molecular weight excluding hydrogens is 210 g/mol. The van der Waals surface area contributed by atoms with E-state index in [0.717, 1.165) is 16.7 Å². The summed E-state index contributed by atoms with van der Waals surface area (Å²) >= 11 is 5.81. The summed E-state index contributed by atoms with van der Waals surface area (Å²) in [6.45, 7) is 1.92. The van der Waals surface area contributed by atoms with Crippen LogP contribution in [0.25, 0.3) is 11.1 Å². The van der Waals surface area contributed by atoms with Crippen LogP contribution in [-0.4, -0.2) is 4.98 Å². The number of hydrogen-bond donors (Lipinski definition) is 1. The van der Waals surface area contributed by atoms with Crippen LogP contribution in [-0.2, 0) is 0 Å². The molecule has 0 bridgehead atoms. The van der Waals surface area contributed by atoms with Gasteiger partial charge in [0, 0.05) is 22.8 Å². The van der Waals surface area contributed by atoms with E-state index in [2.05, 4.69) is 4.98 Å². The highest BCUT2D eigenvalue weighted by molar-refractivity contribution is 6.30. The first-order chi connectivity index (χ1) is 7.16. The molecule has 0 saturated heterocycles. The summed E-state index contributed by atoms with van der Waals surface area (Å²) in [6.07, 6.45) is 1.72. The van der Waals surface area contributed by atoms with Crippen molar-refractivity contribution in [2.24, 2.45) is 0 Å². The minimum absolute atomic E-state index is 0.0785. The van der Waals surface area contributed by atoms with Crippen molar-refractivity contribution in [3.8, 4) is 11.1 Å². The Kier molecular flexibility index (Phi) is 2.60. The third kappa shape index (κ3) is 2.10. The lowest BCUT2D eigenvalue weighted by atomic mass is 10.0. The van der Waals surface area contributed by atoms with Gasteiger partial charge in [0.15, 0.2) is 0 Å². The maximum absolute atomic E-state index is 11.1. The van der Waals surface area contributed by atoms with Gasteiger partial charge in [-0.1, -0.05) is 23.7 Å². The second kappa shape index (κ2) is 3.91. The molecule has 0 aliphatic rings. The van der Waals surface area contributed by atoms with Crippen LogP contribution in [0.3, 0.4) is 0 Å². The van der Waals surface area contributed by atoms with E-state index in [1.807, 2.05) is 31.2 Å². The Bertz CT molecular complexity index is 528. The lowest BCUT2D eigenvalue weighted by Crippen LogP contribution is -2.04. The maximum atomic E-state index is 11.1. The third-order valence-corrected chi connectivity index (χ3v) is 2.54. The number of benzene rings is 1. The number of aromatic nitrogens is 1. The fourth-order valence-electron chi connectivity index (χ4n) is 1.51. The number of nitrogens with one attached hydrogen (secondary N) is 1. The van der Waals surface area contributed by atoms with Gasteiger partial charge in [-0.05, 0) is 30.2 Å². The van der Waals surface area contributed by atoms with E-state index in [4.69, 9.17) is 11.6 Å². The summed E-state index contributed by atoms with van der Waals surface area (Å²) in [5, 5.41) is 0.709. The Labute approximate surface area is 92.5 Å². The summed E-state index contributed by atoms with van der Waals surface area (Å²) in [6, 6.07) is 9.12. The van der Waals surface area contributed by atoms with Crippen molar-refractivity contribution in [3.63, 3.8) is 0 Å². The van der Waals surface area contributed by atoms with Gasteiger partial charge in [0.25, 0.3) is 0 Å². The van der Waals surface area contributed by atoms with Gasteiger partial charge in [0.1, 0.15) is 0 Å². The quantitative estimate of drug-likeness (QED) is 0.786. The zero-order valence-corrected chi connectivity index (χ0v) is 9.01. The van der Waals surface area contributed by atoms with Gasteiger partial charge < -0.3 is 4.98 Å². The summed E-state index contributed by atoms with van der Waals surface area (Å²) in [5.41, 5.74) is 2.95. The van der Waals surface area contributed by atoms with E-state index in [9.17, 15) is 4.79 Å². The second-order valence-electron chi connectivity index (χ2n) is 3.40. The number of aromatic amines is 1. The van der Waals surface area contributed by atoms with Gasteiger partial charge in [0.2, 0.25) is 5.56 Å². The predicted molar refractivity (Wildman–Crippen MR) is 62.2 cm³/mol. The summed E-state index contributed by atoms with van der Waals surface area (Å²) in [4.78, 5) is 13.7. The highest BCUT2D eigenvalue weighted by Gasteiger charge is 2.01. The van der Waals surface area contributed by atoms with E-state index in [1.165, 1.54) is 0 Å². The Hall–Kier alpha value is -1.54. The number of halogens is 1. The van der Waals surface area contributed by atoms with Gasteiger partial charge in [-0.2, -0.15) is 0 Å². The van der Waals surface area contributed by atoms with Crippen molar-refractivity contribution in [1.82, 2.24) is 4.98 Å². The van der Waals surface area contributed by atoms with E-state index in [1.54, 1.807) is 12.3 Å². The standard InChI is InChI=1S/C12H10ClNO/c1-8-6-12(15)14-7-11(8)9-2-4-10(13)5-3-9/h2-7H,1H3,(H,14,15). The molecule has 0 aliphatic carbocycles. The topological polar surface area (TPSA) is 32.9 Å². The van der Waals surface area contributed by atoms with Crippen LogP contribution in [0.4, 0.5) is 0 Å². The molecule has 0 aliphatic heterocycles. The number of pyridine rings is 1. The number of aryl methyl sites for hydroxylation is 1. The Balaban J connectivity index is 2.54. The Morgan fingerprint density at radius 2 is 1.87 bits per heavy atom. The second-order valence-corrected chi connectivity index (χ2v) is 3.84. The van der Waals surface area contributed by atoms with Crippen LogP contribution in [0, 0.1) is 6.92 Å². The fourth-order valence-corrected chi connectivity index (χ4v) is 1.64. The molecule has 2 aromatic rings. The van der Waals surface area contributed by atoms with Crippen LogP contribution in [0.5, 0.6) is 0 Å². The minimum Gasteiger partial charge on any atom is -0.328 e. The Morgan fingerprint density at radius 3 is 2.47 bits per heavy atom. The molecule has 1 aromatic carbocycles. The first-order valence-corrected chi connectivity index (χ1v) is 5.00. The van der Waals surface area contributed by atoms with Gasteiger partial charge in [0.05, 0.1) is 0 Å². The molecule has 76 valence electrons.